The maximum absolute atomic E-state index is 11.5. The first-order valence-corrected chi connectivity index (χ1v) is 6.53. The molecule has 0 bridgehead atoms. The van der Waals surface area contributed by atoms with E-state index in [2.05, 4.69) is 15.6 Å². The zero-order valence-electron chi connectivity index (χ0n) is 11.1. The predicted molar refractivity (Wildman–Crippen MR) is 77.4 cm³/mol. The van der Waals surface area contributed by atoms with Crippen molar-refractivity contribution in [3.63, 3.8) is 0 Å². The first kappa shape index (κ1) is 13.9. The number of pyridine rings is 1. The van der Waals surface area contributed by atoms with Crippen molar-refractivity contribution >= 4 is 17.4 Å². The lowest BCUT2D eigenvalue weighted by molar-refractivity contribution is 0.0925. The van der Waals surface area contributed by atoms with Crippen LogP contribution in [-0.2, 0) is 0 Å². The Bertz CT molecular complexity index is 523. The smallest absolute Gasteiger partial charge is 0.286 e. The van der Waals surface area contributed by atoms with Crippen LogP contribution in [0.5, 0.6) is 0 Å². The zero-order valence-corrected chi connectivity index (χ0v) is 11.1. The molecular weight excluding hydrogens is 256 g/mol. The molecule has 1 amide bonds. The van der Waals surface area contributed by atoms with Gasteiger partial charge >= 0.3 is 0 Å². The van der Waals surface area contributed by atoms with E-state index in [0.29, 0.717) is 18.0 Å². The van der Waals surface area contributed by atoms with Gasteiger partial charge in [0.2, 0.25) is 0 Å². The summed E-state index contributed by atoms with van der Waals surface area (Å²) in [5, 5.41) is 5.99. The van der Waals surface area contributed by atoms with Crippen molar-refractivity contribution in [3.8, 4) is 0 Å². The Hall–Kier alpha value is -2.50. The Morgan fingerprint density at radius 1 is 1.25 bits per heavy atom. The van der Waals surface area contributed by atoms with Crippen LogP contribution in [0.15, 0.2) is 41.1 Å². The normalized spacial score (nSPS) is 10.2. The lowest BCUT2D eigenvalue weighted by Crippen LogP contribution is -2.24. The van der Waals surface area contributed by atoms with Gasteiger partial charge in [-0.05, 0) is 37.1 Å². The van der Waals surface area contributed by atoms with E-state index in [4.69, 9.17) is 10.2 Å². The molecule has 0 spiro atoms. The highest BCUT2D eigenvalue weighted by Crippen LogP contribution is 2.05. The van der Waals surface area contributed by atoms with Gasteiger partial charge in [0, 0.05) is 13.1 Å². The average Bonchev–Trinajstić information content (AvgIpc) is 2.98. The number of furan rings is 1. The Morgan fingerprint density at radius 3 is 2.80 bits per heavy atom. The monoisotopic (exact) mass is 274 g/mol. The largest absolute Gasteiger partial charge is 0.459 e. The fourth-order valence-electron chi connectivity index (χ4n) is 1.67. The van der Waals surface area contributed by atoms with Crippen LogP contribution in [0.4, 0.5) is 11.5 Å². The number of hydrogen-bond donors (Lipinski definition) is 3. The molecule has 6 nitrogen and oxygen atoms in total. The summed E-state index contributed by atoms with van der Waals surface area (Å²) in [4.78, 5) is 15.7. The summed E-state index contributed by atoms with van der Waals surface area (Å²) < 4.78 is 5.00. The molecule has 0 unspecified atom stereocenters. The summed E-state index contributed by atoms with van der Waals surface area (Å²) in [7, 11) is 0. The molecule has 2 aromatic heterocycles. The third kappa shape index (κ3) is 4.31. The molecule has 0 atom stereocenters. The first-order chi connectivity index (χ1) is 9.75. The average molecular weight is 274 g/mol. The van der Waals surface area contributed by atoms with Crippen molar-refractivity contribution in [3.05, 3.63) is 42.5 Å². The second-order valence-electron chi connectivity index (χ2n) is 4.34. The lowest BCUT2D eigenvalue weighted by atomic mass is 10.3. The number of nitrogens with zero attached hydrogens (tertiary/aromatic N) is 1. The van der Waals surface area contributed by atoms with Crippen molar-refractivity contribution in [2.45, 2.75) is 12.8 Å². The van der Waals surface area contributed by atoms with Crippen LogP contribution in [-0.4, -0.2) is 24.0 Å². The second kappa shape index (κ2) is 7.18. The van der Waals surface area contributed by atoms with Gasteiger partial charge in [0.15, 0.2) is 5.76 Å². The van der Waals surface area contributed by atoms with Crippen molar-refractivity contribution in [1.29, 1.82) is 0 Å². The molecule has 0 aliphatic heterocycles. The lowest BCUT2D eigenvalue weighted by Gasteiger charge is -2.06. The van der Waals surface area contributed by atoms with Crippen LogP contribution in [0, 0.1) is 0 Å². The van der Waals surface area contributed by atoms with Crippen LogP contribution < -0.4 is 16.4 Å². The van der Waals surface area contributed by atoms with E-state index in [9.17, 15) is 4.79 Å². The van der Waals surface area contributed by atoms with Crippen LogP contribution in [0.3, 0.4) is 0 Å². The number of nitrogens with two attached hydrogens (primary N) is 1. The summed E-state index contributed by atoms with van der Waals surface area (Å²) in [5.74, 6) is 0.969. The van der Waals surface area contributed by atoms with Gasteiger partial charge in [-0.15, -0.1) is 0 Å². The number of unbranched alkanes of at least 4 members (excludes halogenated alkanes) is 1. The minimum absolute atomic E-state index is 0.178. The molecular formula is C14H18N4O2. The standard InChI is InChI=1S/C14H18N4O2/c15-11-5-6-13(18-10-11)16-7-1-2-8-17-14(19)12-4-3-9-20-12/h3-6,9-10H,1-2,7-8,15H2,(H,16,18)(H,17,19). The van der Waals surface area contributed by atoms with E-state index in [1.807, 2.05) is 6.07 Å². The Morgan fingerprint density at radius 2 is 2.10 bits per heavy atom. The highest BCUT2D eigenvalue weighted by atomic mass is 16.3. The van der Waals surface area contributed by atoms with E-state index in [1.165, 1.54) is 6.26 Å². The van der Waals surface area contributed by atoms with Gasteiger partial charge in [-0.1, -0.05) is 0 Å². The number of nitrogens with one attached hydrogen (secondary N) is 2. The number of anilines is 2. The molecule has 6 heteroatoms. The number of aromatic nitrogens is 1. The molecule has 0 aliphatic rings. The van der Waals surface area contributed by atoms with Crippen LogP contribution in [0.25, 0.3) is 0 Å². The molecule has 2 aromatic rings. The quantitative estimate of drug-likeness (QED) is 0.670. The predicted octanol–water partition coefficient (Wildman–Crippen LogP) is 1.88. The van der Waals surface area contributed by atoms with Gasteiger partial charge in [0.25, 0.3) is 5.91 Å². The van der Waals surface area contributed by atoms with Crippen molar-refractivity contribution < 1.29 is 9.21 Å². The molecule has 0 radical (unpaired) electrons. The van der Waals surface area contributed by atoms with Crippen LogP contribution in [0.1, 0.15) is 23.4 Å². The van der Waals surface area contributed by atoms with Crippen LogP contribution >= 0.6 is 0 Å². The molecule has 106 valence electrons. The number of amides is 1. The van der Waals surface area contributed by atoms with Crippen LogP contribution in [0.2, 0.25) is 0 Å². The minimum atomic E-state index is -0.178. The van der Waals surface area contributed by atoms with Gasteiger partial charge in [-0.2, -0.15) is 0 Å². The second-order valence-corrected chi connectivity index (χ2v) is 4.34. The molecule has 0 aromatic carbocycles. The number of carbonyl (C=O) groups excluding carboxylic acids is 1. The van der Waals surface area contributed by atoms with E-state index in [0.717, 1.165) is 25.2 Å². The van der Waals surface area contributed by atoms with E-state index >= 15 is 0 Å². The summed E-state index contributed by atoms with van der Waals surface area (Å²) in [6.07, 6.45) is 4.92. The summed E-state index contributed by atoms with van der Waals surface area (Å²) in [6.45, 7) is 1.42. The third-order valence-corrected chi connectivity index (χ3v) is 2.73. The Labute approximate surface area is 117 Å². The molecule has 0 aliphatic carbocycles. The van der Waals surface area contributed by atoms with Crippen molar-refractivity contribution in [2.24, 2.45) is 0 Å². The van der Waals surface area contributed by atoms with Gasteiger partial charge < -0.3 is 20.8 Å². The Kier molecular flexibility index (Phi) is 5.00. The van der Waals surface area contributed by atoms with Gasteiger partial charge in [0.05, 0.1) is 18.1 Å². The first-order valence-electron chi connectivity index (χ1n) is 6.53. The molecule has 2 rings (SSSR count). The third-order valence-electron chi connectivity index (χ3n) is 2.73. The molecule has 4 N–H and O–H groups in total. The molecule has 0 saturated heterocycles. The van der Waals surface area contributed by atoms with E-state index < -0.39 is 0 Å². The molecule has 2 heterocycles. The number of nitrogen functional groups attached to an aromatic ring is 1. The van der Waals surface area contributed by atoms with Crippen molar-refractivity contribution in [2.75, 3.05) is 24.1 Å². The highest BCUT2D eigenvalue weighted by Gasteiger charge is 2.06. The number of carbonyl (C=O) groups is 1. The highest BCUT2D eigenvalue weighted by molar-refractivity contribution is 5.91. The summed E-state index contributed by atoms with van der Waals surface area (Å²) in [6, 6.07) is 6.98. The molecule has 0 fully saturated rings. The van der Waals surface area contributed by atoms with Gasteiger partial charge in [0.1, 0.15) is 5.82 Å². The minimum Gasteiger partial charge on any atom is -0.459 e. The fourth-order valence-corrected chi connectivity index (χ4v) is 1.67. The fraction of sp³-hybridized carbons (Fsp3) is 0.286. The summed E-state index contributed by atoms with van der Waals surface area (Å²) >= 11 is 0. The maximum atomic E-state index is 11.5. The summed E-state index contributed by atoms with van der Waals surface area (Å²) in [5.41, 5.74) is 6.20. The number of rotatable bonds is 7. The molecule has 20 heavy (non-hydrogen) atoms. The van der Waals surface area contributed by atoms with Crippen molar-refractivity contribution in [1.82, 2.24) is 10.3 Å². The van der Waals surface area contributed by atoms with E-state index in [1.54, 1.807) is 24.4 Å². The molecule has 0 saturated carbocycles. The SMILES string of the molecule is Nc1ccc(NCCCCNC(=O)c2ccco2)nc1. The van der Waals surface area contributed by atoms with Gasteiger partial charge in [-0.25, -0.2) is 4.98 Å². The maximum Gasteiger partial charge on any atom is 0.286 e. The number of hydrogen-bond acceptors (Lipinski definition) is 5. The zero-order chi connectivity index (χ0) is 14.2. The van der Waals surface area contributed by atoms with E-state index in [-0.39, 0.29) is 5.91 Å². The van der Waals surface area contributed by atoms with Gasteiger partial charge in [-0.3, -0.25) is 4.79 Å². The Balaban J connectivity index is 1.56. The topological polar surface area (TPSA) is 93.2 Å².